The van der Waals surface area contributed by atoms with Gasteiger partial charge in [-0.15, -0.1) is 0 Å². The van der Waals surface area contributed by atoms with Gasteiger partial charge in [-0.05, 0) is 41.8 Å². The van der Waals surface area contributed by atoms with E-state index in [9.17, 15) is 14.4 Å². The molecule has 2 aromatic heterocycles. The highest BCUT2D eigenvalue weighted by atomic mass is 16.2. The first kappa shape index (κ1) is 22.9. The molecule has 0 radical (unpaired) electrons. The molecule has 9 nitrogen and oxygen atoms in total. The maximum atomic E-state index is 12.7. The summed E-state index contributed by atoms with van der Waals surface area (Å²) in [6.45, 7) is 3.77. The molecule has 3 heterocycles. The Labute approximate surface area is 197 Å². The number of pyridine rings is 2. The Morgan fingerprint density at radius 2 is 1.74 bits per heavy atom. The monoisotopic (exact) mass is 458 g/mol. The first-order valence-electron chi connectivity index (χ1n) is 10.9. The lowest BCUT2D eigenvalue weighted by molar-refractivity contribution is -0.119. The molecule has 4 rings (SSSR count). The molecule has 0 aliphatic carbocycles. The fourth-order valence-electron chi connectivity index (χ4n) is 3.66. The maximum absolute atomic E-state index is 12.7. The molecule has 34 heavy (non-hydrogen) atoms. The molecule has 2 N–H and O–H groups in total. The van der Waals surface area contributed by atoms with Crippen molar-refractivity contribution in [3.63, 3.8) is 0 Å². The van der Waals surface area contributed by atoms with Gasteiger partial charge in [0.2, 0.25) is 0 Å². The van der Waals surface area contributed by atoms with Crippen LogP contribution in [-0.2, 0) is 4.79 Å². The van der Waals surface area contributed by atoms with Crippen molar-refractivity contribution < 1.29 is 14.4 Å². The zero-order valence-electron chi connectivity index (χ0n) is 19.4. The summed E-state index contributed by atoms with van der Waals surface area (Å²) in [5.41, 5.74) is 3.45. The normalized spacial score (nSPS) is 15.4. The smallest absolute Gasteiger partial charge is 0.329 e. The molecule has 1 atom stereocenters. The number of carbonyl (C=O) groups excluding carboxylic acids is 3. The van der Waals surface area contributed by atoms with Crippen LogP contribution in [0.1, 0.15) is 24.2 Å². The number of rotatable bonds is 6. The van der Waals surface area contributed by atoms with Gasteiger partial charge in [0.05, 0.1) is 23.8 Å². The number of nitrogens with one attached hydrogen (secondary N) is 2. The van der Waals surface area contributed by atoms with Crippen LogP contribution in [0.2, 0.25) is 0 Å². The average Bonchev–Trinajstić information content (AvgIpc) is 3.13. The Balaban J connectivity index is 1.48. The molecule has 0 saturated carbocycles. The van der Waals surface area contributed by atoms with E-state index < -0.39 is 12.1 Å². The molecule has 9 heteroatoms. The van der Waals surface area contributed by atoms with Crippen molar-refractivity contribution in [1.29, 1.82) is 0 Å². The Morgan fingerprint density at radius 1 is 1.03 bits per heavy atom. The van der Waals surface area contributed by atoms with Crippen molar-refractivity contribution >= 4 is 35.0 Å². The van der Waals surface area contributed by atoms with Crippen molar-refractivity contribution in [2.45, 2.75) is 19.9 Å². The molecule has 3 aromatic rings. The zero-order chi connectivity index (χ0) is 24.4. The highest BCUT2D eigenvalue weighted by Gasteiger charge is 2.40. The van der Waals surface area contributed by atoms with Gasteiger partial charge in [0.15, 0.2) is 0 Å². The van der Waals surface area contributed by atoms with Crippen LogP contribution in [0.25, 0.3) is 11.1 Å². The first-order chi connectivity index (χ1) is 16.2. The molecule has 1 saturated heterocycles. The lowest BCUT2D eigenvalue weighted by Crippen LogP contribution is -2.34. The summed E-state index contributed by atoms with van der Waals surface area (Å²) in [6, 6.07) is 11.8. The second-order valence-corrected chi connectivity index (χ2v) is 8.61. The van der Waals surface area contributed by atoms with Gasteiger partial charge in [0, 0.05) is 31.4 Å². The van der Waals surface area contributed by atoms with E-state index >= 15 is 0 Å². The van der Waals surface area contributed by atoms with Crippen LogP contribution in [-0.4, -0.2) is 52.9 Å². The molecule has 1 aliphatic heterocycles. The Bertz CT molecular complexity index is 1220. The quantitative estimate of drug-likeness (QED) is 0.546. The van der Waals surface area contributed by atoms with Crippen LogP contribution in [0.15, 0.2) is 61.1 Å². The van der Waals surface area contributed by atoms with Gasteiger partial charge in [-0.2, -0.15) is 0 Å². The zero-order valence-corrected chi connectivity index (χ0v) is 19.4. The average molecular weight is 459 g/mol. The van der Waals surface area contributed by atoms with E-state index in [1.165, 1.54) is 11.1 Å². The number of carbonyl (C=O) groups is 3. The predicted molar refractivity (Wildman–Crippen MR) is 130 cm³/mol. The number of hydrogen-bond donors (Lipinski definition) is 2. The highest BCUT2D eigenvalue weighted by Crippen LogP contribution is 2.26. The van der Waals surface area contributed by atoms with E-state index in [0.29, 0.717) is 22.8 Å². The number of anilines is 3. The van der Waals surface area contributed by atoms with Gasteiger partial charge in [-0.25, -0.2) is 14.7 Å². The fourth-order valence-corrected chi connectivity index (χ4v) is 3.66. The number of benzene rings is 1. The van der Waals surface area contributed by atoms with E-state index in [4.69, 9.17) is 0 Å². The Hall–Kier alpha value is -4.27. The van der Waals surface area contributed by atoms with Gasteiger partial charge in [0.25, 0.3) is 11.8 Å². The molecular weight excluding hydrogens is 432 g/mol. The van der Waals surface area contributed by atoms with E-state index in [1.807, 2.05) is 38.1 Å². The second kappa shape index (κ2) is 9.30. The summed E-state index contributed by atoms with van der Waals surface area (Å²) in [5, 5.41) is 5.87. The van der Waals surface area contributed by atoms with Gasteiger partial charge < -0.3 is 15.5 Å². The van der Waals surface area contributed by atoms with Crippen molar-refractivity contribution in [3.05, 3.63) is 66.6 Å². The highest BCUT2D eigenvalue weighted by molar-refractivity contribution is 6.21. The summed E-state index contributed by atoms with van der Waals surface area (Å²) in [7, 11) is 3.44. The minimum Gasteiger partial charge on any atom is -0.345 e. The predicted octanol–water partition coefficient (Wildman–Crippen LogP) is 3.67. The van der Waals surface area contributed by atoms with Gasteiger partial charge in [0.1, 0.15) is 11.9 Å². The summed E-state index contributed by atoms with van der Waals surface area (Å²) >= 11 is 0. The molecule has 1 aliphatic rings. The largest absolute Gasteiger partial charge is 0.345 e. The summed E-state index contributed by atoms with van der Waals surface area (Å²) in [4.78, 5) is 48.3. The second-order valence-electron chi connectivity index (χ2n) is 8.61. The minimum absolute atomic E-state index is 0.0110. The molecule has 174 valence electrons. The third-order valence-electron chi connectivity index (χ3n) is 5.52. The van der Waals surface area contributed by atoms with Crippen LogP contribution < -0.4 is 15.5 Å². The summed E-state index contributed by atoms with van der Waals surface area (Å²) in [6.07, 6.45) is 4.80. The van der Waals surface area contributed by atoms with Crippen molar-refractivity contribution in [1.82, 2.24) is 20.2 Å². The standard InChI is InChI=1S/C25H26N6O3/c1-15(2)22-24(33)31(25(34)29-22)20-11-19(13-26-14-20)28-21-10-9-18(12-27-21)16-5-7-17(8-6-16)23(32)30(3)4/h5-15,22H,1-4H3,(H,27,28)(H,29,34)/t22-/m0/s1. The molecule has 0 bridgehead atoms. The fraction of sp³-hybridized carbons (Fsp3) is 0.240. The van der Waals surface area contributed by atoms with Crippen LogP contribution in [0.3, 0.4) is 0 Å². The van der Waals surface area contributed by atoms with Crippen molar-refractivity contribution in [2.75, 3.05) is 24.3 Å². The van der Waals surface area contributed by atoms with Crippen LogP contribution in [0.4, 0.5) is 22.0 Å². The van der Waals surface area contributed by atoms with Gasteiger partial charge >= 0.3 is 6.03 Å². The van der Waals surface area contributed by atoms with Gasteiger partial charge in [-0.1, -0.05) is 26.0 Å². The summed E-state index contributed by atoms with van der Waals surface area (Å²) in [5.74, 6) is 0.232. The van der Waals surface area contributed by atoms with E-state index in [2.05, 4.69) is 20.6 Å². The maximum Gasteiger partial charge on any atom is 0.329 e. The molecule has 1 aromatic carbocycles. The van der Waals surface area contributed by atoms with Crippen LogP contribution in [0.5, 0.6) is 0 Å². The Kier molecular flexibility index (Phi) is 6.27. The third kappa shape index (κ3) is 4.59. The molecule has 4 amide bonds. The van der Waals surface area contributed by atoms with E-state index in [-0.39, 0.29) is 17.7 Å². The minimum atomic E-state index is -0.548. The van der Waals surface area contributed by atoms with Crippen LogP contribution in [0, 0.1) is 5.92 Å². The van der Waals surface area contributed by atoms with E-state index in [1.54, 1.807) is 44.7 Å². The van der Waals surface area contributed by atoms with Crippen molar-refractivity contribution in [2.24, 2.45) is 5.92 Å². The number of aromatic nitrogens is 2. The molecule has 0 spiro atoms. The summed E-state index contributed by atoms with van der Waals surface area (Å²) < 4.78 is 0. The van der Waals surface area contributed by atoms with Gasteiger partial charge in [-0.3, -0.25) is 14.6 Å². The molecule has 1 fully saturated rings. The molecular formula is C25H26N6O3. The first-order valence-corrected chi connectivity index (χ1v) is 10.9. The SMILES string of the molecule is CC(C)[C@@H]1NC(=O)N(c2cncc(Nc3ccc(-c4ccc(C(=O)N(C)C)cc4)cn3)c2)C1=O. The lowest BCUT2D eigenvalue weighted by Gasteiger charge is -2.15. The third-order valence-corrected chi connectivity index (χ3v) is 5.52. The Morgan fingerprint density at radius 3 is 2.32 bits per heavy atom. The number of amides is 4. The lowest BCUT2D eigenvalue weighted by atomic mass is 10.1. The van der Waals surface area contributed by atoms with E-state index in [0.717, 1.165) is 16.0 Å². The number of nitrogens with zero attached hydrogens (tertiary/aromatic N) is 4. The topological polar surface area (TPSA) is 108 Å². The number of hydrogen-bond acceptors (Lipinski definition) is 6. The number of imide groups is 1. The van der Waals surface area contributed by atoms with Crippen molar-refractivity contribution in [3.8, 4) is 11.1 Å². The molecule has 0 unspecified atom stereocenters. The van der Waals surface area contributed by atoms with Crippen LogP contribution >= 0.6 is 0 Å². The number of urea groups is 1.